The van der Waals surface area contributed by atoms with E-state index < -0.39 is 11.2 Å². The third kappa shape index (κ3) is 9.43. The molecule has 0 bridgehead atoms. The van der Waals surface area contributed by atoms with Gasteiger partial charge in [0.25, 0.3) is 0 Å². The molecule has 0 aliphatic heterocycles. The lowest BCUT2D eigenvalue weighted by molar-refractivity contribution is -0.0794. The first-order valence-corrected chi connectivity index (χ1v) is 11.8. The minimum absolute atomic E-state index is 0.881. The third-order valence-corrected chi connectivity index (χ3v) is 6.38. The Morgan fingerprint density at radius 3 is 1.52 bits per heavy atom. The van der Waals surface area contributed by atoms with E-state index in [1.165, 1.54) is 89.9 Å². The largest absolute Gasteiger partial charge is 0.383 e. The van der Waals surface area contributed by atoms with Gasteiger partial charge in [-0.05, 0) is 32.3 Å². The maximum atomic E-state index is 10.6. The molecular weight excluding hydrogens is 332 g/mol. The van der Waals surface area contributed by atoms with E-state index in [0.29, 0.717) is 0 Å². The number of hydrogen-bond donors (Lipinski definition) is 2. The second-order valence-electron chi connectivity index (χ2n) is 8.97. The average Bonchev–Trinajstić information content (AvgIpc) is 2.62. The molecule has 0 saturated heterocycles. The van der Waals surface area contributed by atoms with Crippen LogP contribution in [0.3, 0.4) is 0 Å². The maximum absolute atomic E-state index is 10.6. The molecule has 0 aromatic heterocycles. The number of aliphatic hydroxyl groups is 2. The quantitative estimate of drug-likeness (QED) is 0.278. The fourth-order valence-corrected chi connectivity index (χ4v) is 4.01. The van der Waals surface area contributed by atoms with E-state index in [4.69, 9.17) is 0 Å². The lowest BCUT2D eigenvalue weighted by Gasteiger charge is -2.40. The van der Waals surface area contributed by atoms with Crippen LogP contribution < -0.4 is 0 Å². The van der Waals surface area contributed by atoms with Crippen LogP contribution in [0.25, 0.3) is 0 Å². The highest BCUT2D eigenvalue weighted by atomic mass is 16.4. The fraction of sp³-hybridized carbons (Fsp3) is 0.840. The summed E-state index contributed by atoms with van der Waals surface area (Å²) in [5.74, 6) is 0. The van der Waals surface area contributed by atoms with Crippen LogP contribution in [0, 0.1) is 0 Å². The second kappa shape index (κ2) is 13.6. The van der Waals surface area contributed by atoms with Crippen molar-refractivity contribution in [2.75, 3.05) is 0 Å². The van der Waals surface area contributed by atoms with Crippen LogP contribution in [0.5, 0.6) is 0 Å². The van der Waals surface area contributed by atoms with Crippen molar-refractivity contribution in [1.29, 1.82) is 0 Å². The van der Waals surface area contributed by atoms with Crippen LogP contribution in [-0.4, -0.2) is 21.4 Å². The van der Waals surface area contributed by atoms with Gasteiger partial charge in [-0.25, -0.2) is 0 Å². The lowest BCUT2D eigenvalue weighted by Crippen LogP contribution is -2.51. The first-order chi connectivity index (χ1) is 12.9. The molecule has 0 amide bonds. The van der Waals surface area contributed by atoms with E-state index in [1.807, 2.05) is 12.2 Å². The van der Waals surface area contributed by atoms with Crippen LogP contribution >= 0.6 is 0 Å². The maximum Gasteiger partial charge on any atom is 0.115 e. The Morgan fingerprint density at radius 1 is 0.667 bits per heavy atom. The van der Waals surface area contributed by atoms with E-state index in [2.05, 4.69) is 6.92 Å². The summed E-state index contributed by atoms with van der Waals surface area (Å²) in [5, 5.41) is 20.9. The Labute approximate surface area is 169 Å². The van der Waals surface area contributed by atoms with Gasteiger partial charge in [0, 0.05) is 0 Å². The average molecular weight is 379 g/mol. The molecule has 2 unspecified atom stereocenters. The summed E-state index contributed by atoms with van der Waals surface area (Å²) in [5.41, 5.74) is -1.34. The minimum atomic E-state index is -1.16. The topological polar surface area (TPSA) is 40.5 Å². The molecule has 0 heterocycles. The Hall–Kier alpha value is -0.600. The molecule has 0 fully saturated rings. The molecule has 0 saturated carbocycles. The second-order valence-corrected chi connectivity index (χ2v) is 8.97. The molecule has 1 rings (SSSR count). The number of allylic oxidation sites excluding steroid dienone is 2. The van der Waals surface area contributed by atoms with Crippen molar-refractivity contribution in [2.45, 2.75) is 135 Å². The van der Waals surface area contributed by atoms with E-state index in [1.54, 1.807) is 19.9 Å². The zero-order valence-corrected chi connectivity index (χ0v) is 18.4. The zero-order chi connectivity index (χ0) is 20.0. The first-order valence-electron chi connectivity index (χ1n) is 11.8. The van der Waals surface area contributed by atoms with Crippen LogP contribution in [0.4, 0.5) is 0 Å². The van der Waals surface area contributed by atoms with E-state index >= 15 is 0 Å². The van der Waals surface area contributed by atoms with Gasteiger partial charge in [0.2, 0.25) is 0 Å². The SMILES string of the molecule is CCCCCCCCCCCCCCCCCC1=CC=CC(C)(O)C1(C)O. The molecule has 2 atom stereocenters. The van der Waals surface area contributed by atoms with Gasteiger partial charge >= 0.3 is 0 Å². The van der Waals surface area contributed by atoms with Crippen molar-refractivity contribution >= 4 is 0 Å². The van der Waals surface area contributed by atoms with Gasteiger partial charge in [-0.2, -0.15) is 0 Å². The van der Waals surface area contributed by atoms with Crippen molar-refractivity contribution in [2.24, 2.45) is 0 Å². The molecule has 0 aromatic carbocycles. The summed E-state index contributed by atoms with van der Waals surface area (Å²) in [4.78, 5) is 0. The Kier molecular flexibility index (Phi) is 12.3. The number of unbranched alkanes of at least 4 members (excludes halogenated alkanes) is 14. The predicted octanol–water partition coefficient (Wildman–Crippen LogP) is 7.25. The summed E-state index contributed by atoms with van der Waals surface area (Å²) < 4.78 is 0. The molecule has 2 nitrogen and oxygen atoms in total. The van der Waals surface area contributed by atoms with Gasteiger partial charge in [0.15, 0.2) is 0 Å². The van der Waals surface area contributed by atoms with Crippen molar-refractivity contribution in [3.8, 4) is 0 Å². The highest BCUT2D eigenvalue weighted by Gasteiger charge is 2.43. The summed E-state index contributed by atoms with van der Waals surface area (Å²) in [6.07, 6.45) is 26.9. The fourth-order valence-electron chi connectivity index (χ4n) is 4.01. The van der Waals surface area contributed by atoms with Crippen molar-refractivity contribution < 1.29 is 10.2 Å². The predicted molar refractivity (Wildman–Crippen MR) is 118 cm³/mol. The standard InChI is InChI=1S/C25H46O2/c1-4-5-6-7-8-9-10-11-12-13-14-15-16-17-18-20-23-21-19-22-24(2,26)25(23,3)27/h19,21-22,26-27H,4-18,20H2,1-3H3. The Bertz CT molecular complexity index is 432. The van der Waals surface area contributed by atoms with Crippen molar-refractivity contribution in [3.63, 3.8) is 0 Å². The van der Waals surface area contributed by atoms with Gasteiger partial charge in [-0.15, -0.1) is 0 Å². The van der Waals surface area contributed by atoms with Crippen molar-refractivity contribution in [3.05, 3.63) is 23.8 Å². The van der Waals surface area contributed by atoms with Crippen molar-refractivity contribution in [1.82, 2.24) is 0 Å². The first kappa shape index (κ1) is 24.4. The molecule has 1 aliphatic carbocycles. The summed E-state index contributed by atoms with van der Waals surface area (Å²) >= 11 is 0. The van der Waals surface area contributed by atoms with Gasteiger partial charge in [-0.1, -0.05) is 115 Å². The van der Waals surface area contributed by atoms with E-state index in [9.17, 15) is 10.2 Å². The van der Waals surface area contributed by atoms with Gasteiger partial charge in [0.05, 0.1) is 0 Å². The molecule has 158 valence electrons. The molecule has 1 aliphatic rings. The van der Waals surface area contributed by atoms with Crippen LogP contribution in [-0.2, 0) is 0 Å². The van der Waals surface area contributed by atoms with Crippen LogP contribution in [0.1, 0.15) is 124 Å². The lowest BCUT2D eigenvalue weighted by atomic mass is 9.75. The zero-order valence-electron chi connectivity index (χ0n) is 18.4. The molecule has 0 spiro atoms. The minimum Gasteiger partial charge on any atom is -0.383 e. The summed E-state index contributed by atoms with van der Waals surface area (Å²) in [6.45, 7) is 5.69. The normalized spacial score (nSPS) is 25.0. The molecule has 2 heteroatoms. The monoisotopic (exact) mass is 378 g/mol. The van der Waals surface area contributed by atoms with E-state index in [-0.39, 0.29) is 0 Å². The smallest absolute Gasteiger partial charge is 0.115 e. The highest BCUT2D eigenvalue weighted by molar-refractivity contribution is 5.34. The Balaban J connectivity index is 1.91. The Morgan fingerprint density at radius 2 is 1.07 bits per heavy atom. The summed E-state index contributed by atoms with van der Waals surface area (Å²) in [6, 6.07) is 0. The molecule has 0 aromatic rings. The van der Waals surface area contributed by atoms with Crippen LogP contribution in [0.15, 0.2) is 23.8 Å². The van der Waals surface area contributed by atoms with Crippen LogP contribution in [0.2, 0.25) is 0 Å². The molecule has 0 radical (unpaired) electrons. The van der Waals surface area contributed by atoms with Gasteiger partial charge < -0.3 is 10.2 Å². The van der Waals surface area contributed by atoms with E-state index in [0.717, 1.165) is 18.4 Å². The number of rotatable bonds is 16. The third-order valence-electron chi connectivity index (χ3n) is 6.38. The molecule has 27 heavy (non-hydrogen) atoms. The highest BCUT2D eigenvalue weighted by Crippen LogP contribution is 2.36. The van der Waals surface area contributed by atoms with Gasteiger partial charge in [0.1, 0.15) is 11.2 Å². The number of hydrogen-bond acceptors (Lipinski definition) is 2. The summed E-state index contributed by atoms with van der Waals surface area (Å²) in [7, 11) is 0. The van der Waals surface area contributed by atoms with Gasteiger partial charge in [-0.3, -0.25) is 0 Å². The molecule has 2 N–H and O–H groups in total. The molecular formula is C25H46O2.